The molecule has 0 aromatic rings. The predicted molar refractivity (Wildman–Crippen MR) is 242 cm³/mol. The molecular formula is C48H93O10P. The lowest BCUT2D eigenvalue weighted by atomic mass is 10.0. The molecule has 0 saturated heterocycles. The number of allylic oxidation sites excluding steroid dienone is 2. The second-order valence-corrected chi connectivity index (χ2v) is 18.3. The quantitative estimate of drug-likeness (QED) is 0.0234. The summed E-state index contributed by atoms with van der Waals surface area (Å²) in [5.41, 5.74) is 0. The monoisotopic (exact) mass is 861 g/mol. The minimum absolute atomic E-state index is 0.178. The van der Waals surface area contributed by atoms with Crippen molar-refractivity contribution in [3.63, 3.8) is 0 Å². The Hall–Kier alpha value is -1.29. The van der Waals surface area contributed by atoms with Crippen LogP contribution in [0.2, 0.25) is 0 Å². The summed E-state index contributed by atoms with van der Waals surface area (Å²) in [7, 11) is -4.62. The molecular weight excluding hydrogens is 767 g/mol. The molecule has 0 aromatic heterocycles. The standard InChI is InChI=1S/C48H93O10P/c1-3-5-7-9-11-13-15-17-18-19-20-21-22-23-24-25-26-28-29-31-33-35-37-39-47(51)55-43-46(44-57-59(53,54)56-42-45(50)41-49)58-48(52)40-38-36-34-32-30-27-16-14-12-10-8-6-4-2/h14,16,45-46,49-50H,3-13,15,17-44H2,1-2H3,(H,53,54)/b16-14+/t45-,46+/m1/s1. The van der Waals surface area contributed by atoms with Gasteiger partial charge < -0.3 is 24.6 Å². The largest absolute Gasteiger partial charge is 0.472 e. The number of ether oxygens (including phenoxy) is 2. The van der Waals surface area contributed by atoms with Crippen LogP contribution >= 0.6 is 7.82 Å². The van der Waals surface area contributed by atoms with Gasteiger partial charge in [0.15, 0.2) is 6.10 Å². The molecule has 0 amide bonds. The Morgan fingerprint density at radius 3 is 1.24 bits per heavy atom. The molecule has 0 fully saturated rings. The van der Waals surface area contributed by atoms with E-state index in [1.165, 1.54) is 154 Å². The van der Waals surface area contributed by atoms with Crippen LogP contribution in [0.15, 0.2) is 12.2 Å². The first-order chi connectivity index (χ1) is 28.7. The van der Waals surface area contributed by atoms with E-state index in [0.717, 1.165) is 51.4 Å². The van der Waals surface area contributed by atoms with E-state index < -0.39 is 51.8 Å². The van der Waals surface area contributed by atoms with Gasteiger partial charge in [0.05, 0.1) is 19.8 Å². The molecule has 0 saturated carbocycles. The third kappa shape index (κ3) is 44.6. The van der Waals surface area contributed by atoms with Crippen LogP contribution in [0.4, 0.5) is 0 Å². The molecule has 1 unspecified atom stereocenters. The highest BCUT2D eigenvalue weighted by Gasteiger charge is 2.27. The van der Waals surface area contributed by atoms with Crippen molar-refractivity contribution in [3.05, 3.63) is 12.2 Å². The number of rotatable bonds is 47. The molecule has 10 nitrogen and oxygen atoms in total. The average Bonchev–Trinajstić information content (AvgIpc) is 3.22. The van der Waals surface area contributed by atoms with Crippen molar-refractivity contribution in [2.24, 2.45) is 0 Å². The van der Waals surface area contributed by atoms with Gasteiger partial charge in [0.1, 0.15) is 12.7 Å². The van der Waals surface area contributed by atoms with Gasteiger partial charge in [-0.3, -0.25) is 18.6 Å². The zero-order valence-electron chi connectivity index (χ0n) is 38.2. The van der Waals surface area contributed by atoms with Gasteiger partial charge in [-0.1, -0.05) is 206 Å². The summed E-state index contributed by atoms with van der Waals surface area (Å²) in [5.74, 6) is -0.921. The minimum Gasteiger partial charge on any atom is -0.462 e. The Bertz CT molecular complexity index is 993. The highest BCUT2D eigenvalue weighted by molar-refractivity contribution is 7.47. The molecule has 0 aliphatic heterocycles. The lowest BCUT2D eigenvalue weighted by Crippen LogP contribution is -2.29. The van der Waals surface area contributed by atoms with Crippen LogP contribution in [0.5, 0.6) is 0 Å². The summed E-state index contributed by atoms with van der Waals surface area (Å²) in [6.45, 7) is 2.40. The molecule has 0 bridgehead atoms. The number of carbonyl (C=O) groups excluding carboxylic acids is 2. The van der Waals surface area contributed by atoms with Gasteiger partial charge >= 0.3 is 19.8 Å². The van der Waals surface area contributed by atoms with Crippen LogP contribution in [0.1, 0.15) is 245 Å². The van der Waals surface area contributed by atoms with E-state index in [-0.39, 0.29) is 19.4 Å². The van der Waals surface area contributed by atoms with E-state index in [4.69, 9.17) is 23.6 Å². The second kappa shape index (κ2) is 44.8. The third-order valence-electron chi connectivity index (χ3n) is 10.9. The molecule has 0 aromatic carbocycles. The Kier molecular flexibility index (Phi) is 43.8. The van der Waals surface area contributed by atoms with Crippen molar-refractivity contribution in [1.29, 1.82) is 0 Å². The second-order valence-electron chi connectivity index (χ2n) is 16.8. The van der Waals surface area contributed by atoms with Crippen molar-refractivity contribution in [2.75, 3.05) is 26.4 Å². The Balaban J connectivity index is 4.09. The lowest BCUT2D eigenvalue weighted by Gasteiger charge is -2.20. The first-order valence-electron chi connectivity index (χ1n) is 24.6. The van der Waals surface area contributed by atoms with Crippen LogP contribution in [-0.2, 0) is 32.7 Å². The zero-order valence-corrected chi connectivity index (χ0v) is 39.1. The van der Waals surface area contributed by atoms with E-state index in [0.29, 0.717) is 12.8 Å². The zero-order chi connectivity index (χ0) is 43.3. The fraction of sp³-hybridized carbons (Fsp3) is 0.917. The van der Waals surface area contributed by atoms with E-state index in [1.807, 2.05) is 0 Å². The smallest absolute Gasteiger partial charge is 0.462 e. The summed E-state index contributed by atoms with van der Waals surface area (Å²) in [4.78, 5) is 35.1. The minimum atomic E-state index is -4.62. The molecule has 0 spiro atoms. The van der Waals surface area contributed by atoms with Gasteiger partial charge in [-0.05, 0) is 38.5 Å². The maximum Gasteiger partial charge on any atom is 0.472 e. The average molecular weight is 861 g/mol. The van der Waals surface area contributed by atoms with E-state index in [1.54, 1.807) is 0 Å². The Morgan fingerprint density at radius 1 is 0.492 bits per heavy atom. The molecule has 3 atom stereocenters. The number of phosphoric ester groups is 1. The van der Waals surface area contributed by atoms with Gasteiger partial charge in [0.25, 0.3) is 0 Å². The molecule has 59 heavy (non-hydrogen) atoms. The van der Waals surface area contributed by atoms with Crippen molar-refractivity contribution in [3.8, 4) is 0 Å². The molecule has 3 N–H and O–H groups in total. The van der Waals surface area contributed by atoms with Crippen LogP contribution < -0.4 is 0 Å². The van der Waals surface area contributed by atoms with Gasteiger partial charge in [-0.25, -0.2) is 4.57 Å². The van der Waals surface area contributed by atoms with Crippen molar-refractivity contribution >= 4 is 19.8 Å². The van der Waals surface area contributed by atoms with Gasteiger partial charge in [0, 0.05) is 12.8 Å². The van der Waals surface area contributed by atoms with Crippen LogP contribution in [-0.4, -0.2) is 65.7 Å². The topological polar surface area (TPSA) is 149 Å². The van der Waals surface area contributed by atoms with Crippen LogP contribution in [0.3, 0.4) is 0 Å². The molecule has 0 heterocycles. The number of aliphatic hydroxyl groups excluding tert-OH is 2. The van der Waals surface area contributed by atoms with Crippen molar-refractivity contribution < 1.29 is 47.8 Å². The third-order valence-corrected chi connectivity index (χ3v) is 11.9. The van der Waals surface area contributed by atoms with Gasteiger partial charge in [0.2, 0.25) is 0 Å². The van der Waals surface area contributed by atoms with Crippen molar-refractivity contribution in [1.82, 2.24) is 0 Å². The van der Waals surface area contributed by atoms with Gasteiger partial charge in [-0.15, -0.1) is 0 Å². The highest BCUT2D eigenvalue weighted by Crippen LogP contribution is 2.43. The Labute approximate surface area is 362 Å². The first-order valence-corrected chi connectivity index (χ1v) is 26.1. The molecule has 0 aliphatic carbocycles. The van der Waals surface area contributed by atoms with Gasteiger partial charge in [-0.2, -0.15) is 0 Å². The fourth-order valence-corrected chi connectivity index (χ4v) is 7.90. The SMILES string of the molecule is CCCCCC/C=C/CCCCCCCC(=O)O[C@@H](COC(=O)CCCCCCCCCCCCCCCCCCCCCCCCC)COP(=O)(O)OC[C@H](O)CO. The van der Waals surface area contributed by atoms with Crippen LogP contribution in [0.25, 0.3) is 0 Å². The molecule has 350 valence electrons. The predicted octanol–water partition coefficient (Wildman–Crippen LogP) is 13.6. The number of hydrogen-bond donors (Lipinski definition) is 3. The maximum absolute atomic E-state index is 12.6. The number of phosphoric acid groups is 1. The van der Waals surface area contributed by atoms with E-state index >= 15 is 0 Å². The molecule has 0 radical (unpaired) electrons. The normalized spacial score (nSPS) is 13.8. The number of carbonyl (C=O) groups is 2. The number of esters is 2. The number of aliphatic hydroxyl groups is 2. The number of unbranched alkanes of at least 4 members (excludes halogenated alkanes) is 31. The van der Waals surface area contributed by atoms with Crippen molar-refractivity contribution in [2.45, 2.75) is 257 Å². The fourth-order valence-electron chi connectivity index (χ4n) is 7.11. The summed E-state index contributed by atoms with van der Waals surface area (Å²) < 4.78 is 32.8. The van der Waals surface area contributed by atoms with E-state index in [2.05, 4.69) is 26.0 Å². The highest BCUT2D eigenvalue weighted by atomic mass is 31.2. The van der Waals surface area contributed by atoms with E-state index in [9.17, 15) is 24.2 Å². The number of hydrogen-bond acceptors (Lipinski definition) is 9. The molecule has 0 rings (SSSR count). The molecule has 0 aliphatic rings. The maximum atomic E-state index is 12.6. The summed E-state index contributed by atoms with van der Waals surface area (Å²) >= 11 is 0. The molecule has 11 heteroatoms. The summed E-state index contributed by atoms with van der Waals surface area (Å²) in [6, 6.07) is 0. The first kappa shape index (κ1) is 57.7. The Morgan fingerprint density at radius 2 is 0.831 bits per heavy atom. The summed E-state index contributed by atoms with van der Waals surface area (Å²) in [5, 5.41) is 18.4. The summed E-state index contributed by atoms with van der Waals surface area (Å²) in [6.07, 6.45) is 44.7. The van der Waals surface area contributed by atoms with Crippen LogP contribution in [0, 0.1) is 0 Å². The lowest BCUT2D eigenvalue weighted by molar-refractivity contribution is -0.161.